The Bertz CT molecular complexity index is 271. The van der Waals surface area contributed by atoms with Crippen LogP contribution in [-0.2, 0) is 0 Å². The molecule has 2 fully saturated rings. The highest BCUT2D eigenvalue weighted by Gasteiger charge is 2.28. The number of hydrogen-bond donors (Lipinski definition) is 2. The van der Waals surface area contributed by atoms with Gasteiger partial charge in [0.25, 0.3) is 0 Å². The van der Waals surface area contributed by atoms with E-state index in [9.17, 15) is 5.11 Å². The van der Waals surface area contributed by atoms with Crippen LogP contribution in [0.4, 0.5) is 0 Å². The molecule has 2 nitrogen and oxygen atoms in total. The van der Waals surface area contributed by atoms with Crippen molar-refractivity contribution in [3.63, 3.8) is 0 Å². The Balaban J connectivity index is 1.71. The quantitative estimate of drug-likeness (QED) is 0.764. The second-order valence-electron chi connectivity index (χ2n) is 8.01. The van der Waals surface area contributed by atoms with E-state index in [4.69, 9.17) is 0 Å². The molecule has 0 saturated heterocycles. The molecule has 0 aromatic heterocycles. The molecule has 2 heteroatoms. The molecule has 112 valence electrons. The Hall–Kier alpha value is -0.0800. The molecule has 2 aliphatic rings. The van der Waals surface area contributed by atoms with E-state index in [0.717, 1.165) is 37.3 Å². The van der Waals surface area contributed by atoms with E-state index in [1.807, 2.05) is 0 Å². The Morgan fingerprint density at radius 3 is 2.42 bits per heavy atom. The summed E-state index contributed by atoms with van der Waals surface area (Å²) in [6.07, 6.45) is 10.1. The fourth-order valence-electron chi connectivity index (χ4n) is 3.94. The van der Waals surface area contributed by atoms with Crippen LogP contribution in [0, 0.1) is 17.3 Å². The van der Waals surface area contributed by atoms with Gasteiger partial charge in [-0.2, -0.15) is 0 Å². The topological polar surface area (TPSA) is 32.3 Å². The third kappa shape index (κ3) is 4.75. The maximum atomic E-state index is 9.58. The van der Waals surface area contributed by atoms with Gasteiger partial charge in [0.05, 0.1) is 6.10 Å². The second kappa shape index (κ2) is 6.58. The van der Waals surface area contributed by atoms with Crippen molar-refractivity contribution >= 4 is 0 Å². The molecule has 0 spiro atoms. The van der Waals surface area contributed by atoms with Crippen molar-refractivity contribution < 1.29 is 5.11 Å². The van der Waals surface area contributed by atoms with E-state index in [1.54, 1.807) is 0 Å². The molecule has 0 amide bonds. The maximum Gasteiger partial charge on any atom is 0.0543 e. The van der Waals surface area contributed by atoms with Crippen molar-refractivity contribution in [3.8, 4) is 0 Å². The Morgan fingerprint density at radius 1 is 1.00 bits per heavy atom. The molecule has 0 aromatic carbocycles. The summed E-state index contributed by atoms with van der Waals surface area (Å²) >= 11 is 0. The highest BCUT2D eigenvalue weighted by molar-refractivity contribution is 4.83. The predicted molar refractivity (Wildman–Crippen MR) is 81.2 cm³/mol. The fourth-order valence-corrected chi connectivity index (χ4v) is 3.94. The molecule has 2 aliphatic carbocycles. The Morgan fingerprint density at radius 2 is 1.79 bits per heavy atom. The van der Waals surface area contributed by atoms with Crippen molar-refractivity contribution in [2.75, 3.05) is 6.54 Å². The van der Waals surface area contributed by atoms with Gasteiger partial charge in [0.1, 0.15) is 0 Å². The standard InChI is InChI=1S/C17H33NO/c1-17(2,3)14-5-4-6-15(9-8-14)18-12-13-7-10-16(19)11-13/h13-16,18-19H,4-12H2,1-3H3. The van der Waals surface area contributed by atoms with Gasteiger partial charge in [-0.05, 0) is 68.7 Å². The summed E-state index contributed by atoms with van der Waals surface area (Å²) in [6, 6.07) is 0.727. The molecule has 0 bridgehead atoms. The first-order valence-corrected chi connectivity index (χ1v) is 8.36. The minimum Gasteiger partial charge on any atom is -0.393 e. The van der Waals surface area contributed by atoms with Crippen LogP contribution < -0.4 is 5.32 Å². The van der Waals surface area contributed by atoms with Crippen LogP contribution in [0.3, 0.4) is 0 Å². The summed E-state index contributed by atoms with van der Waals surface area (Å²) in [6.45, 7) is 8.31. The minimum absolute atomic E-state index is 0.0220. The van der Waals surface area contributed by atoms with Gasteiger partial charge >= 0.3 is 0 Å². The molecular formula is C17H33NO. The molecular weight excluding hydrogens is 234 g/mol. The van der Waals surface area contributed by atoms with Gasteiger partial charge in [0, 0.05) is 6.04 Å². The summed E-state index contributed by atoms with van der Waals surface area (Å²) in [7, 11) is 0. The number of nitrogens with one attached hydrogen (secondary N) is 1. The average Bonchev–Trinajstić information content (AvgIpc) is 2.61. The third-order valence-electron chi connectivity index (χ3n) is 5.40. The van der Waals surface area contributed by atoms with Crippen LogP contribution in [0.25, 0.3) is 0 Å². The predicted octanol–water partition coefficient (Wildman–Crippen LogP) is 3.73. The highest BCUT2D eigenvalue weighted by Crippen LogP contribution is 2.36. The van der Waals surface area contributed by atoms with Crippen LogP contribution in [0.5, 0.6) is 0 Å². The van der Waals surface area contributed by atoms with Crippen molar-refractivity contribution in [1.29, 1.82) is 0 Å². The first-order valence-electron chi connectivity index (χ1n) is 8.36. The maximum absolute atomic E-state index is 9.58. The zero-order chi connectivity index (χ0) is 13.9. The first kappa shape index (κ1) is 15.3. The second-order valence-corrected chi connectivity index (χ2v) is 8.01. The SMILES string of the molecule is CC(C)(C)C1CCCC(NCC2CCC(O)C2)CC1. The number of hydrogen-bond acceptors (Lipinski definition) is 2. The third-order valence-corrected chi connectivity index (χ3v) is 5.40. The zero-order valence-electron chi connectivity index (χ0n) is 13.1. The largest absolute Gasteiger partial charge is 0.393 e. The lowest BCUT2D eigenvalue weighted by atomic mass is 9.76. The summed E-state index contributed by atoms with van der Waals surface area (Å²) in [4.78, 5) is 0. The van der Waals surface area contributed by atoms with Gasteiger partial charge in [-0.1, -0.05) is 27.2 Å². The number of aliphatic hydroxyl groups excluding tert-OH is 1. The summed E-state index contributed by atoms with van der Waals surface area (Å²) < 4.78 is 0. The van der Waals surface area contributed by atoms with Gasteiger partial charge in [0.2, 0.25) is 0 Å². The van der Waals surface area contributed by atoms with E-state index in [2.05, 4.69) is 26.1 Å². The van der Waals surface area contributed by atoms with Gasteiger partial charge in [-0.25, -0.2) is 0 Å². The molecule has 19 heavy (non-hydrogen) atoms. The van der Waals surface area contributed by atoms with E-state index in [0.29, 0.717) is 5.41 Å². The van der Waals surface area contributed by atoms with Gasteiger partial charge < -0.3 is 10.4 Å². The molecule has 0 radical (unpaired) electrons. The summed E-state index contributed by atoms with van der Waals surface area (Å²) in [5, 5.41) is 13.4. The van der Waals surface area contributed by atoms with Crippen LogP contribution >= 0.6 is 0 Å². The Labute approximate surface area is 119 Å². The average molecular weight is 267 g/mol. The zero-order valence-corrected chi connectivity index (χ0v) is 13.1. The molecule has 2 rings (SSSR count). The normalized spacial score (nSPS) is 37.3. The van der Waals surface area contributed by atoms with E-state index in [1.165, 1.54) is 38.5 Å². The molecule has 0 aliphatic heterocycles. The van der Waals surface area contributed by atoms with E-state index < -0.39 is 0 Å². The van der Waals surface area contributed by atoms with Crippen molar-refractivity contribution in [3.05, 3.63) is 0 Å². The summed E-state index contributed by atoms with van der Waals surface area (Å²) in [5.74, 6) is 1.62. The lowest BCUT2D eigenvalue weighted by molar-refractivity contribution is 0.177. The van der Waals surface area contributed by atoms with Crippen LogP contribution in [0.1, 0.15) is 72.1 Å². The first-order chi connectivity index (χ1) is 8.95. The van der Waals surface area contributed by atoms with Crippen LogP contribution in [0.2, 0.25) is 0 Å². The van der Waals surface area contributed by atoms with Crippen molar-refractivity contribution in [1.82, 2.24) is 5.32 Å². The van der Waals surface area contributed by atoms with E-state index in [-0.39, 0.29) is 6.10 Å². The molecule has 0 aromatic rings. The van der Waals surface area contributed by atoms with E-state index >= 15 is 0 Å². The number of rotatable bonds is 3. The van der Waals surface area contributed by atoms with Crippen molar-refractivity contribution in [2.45, 2.75) is 84.3 Å². The lowest BCUT2D eigenvalue weighted by Gasteiger charge is -2.29. The highest BCUT2D eigenvalue weighted by atomic mass is 16.3. The smallest absolute Gasteiger partial charge is 0.0543 e. The minimum atomic E-state index is -0.0220. The molecule has 4 unspecified atom stereocenters. The molecule has 2 saturated carbocycles. The van der Waals surface area contributed by atoms with Crippen LogP contribution in [0.15, 0.2) is 0 Å². The summed E-state index contributed by atoms with van der Waals surface area (Å²) in [5.41, 5.74) is 0.477. The monoisotopic (exact) mass is 267 g/mol. The number of aliphatic hydroxyl groups is 1. The van der Waals surface area contributed by atoms with Gasteiger partial charge in [-0.3, -0.25) is 0 Å². The van der Waals surface area contributed by atoms with Crippen molar-refractivity contribution in [2.24, 2.45) is 17.3 Å². The van der Waals surface area contributed by atoms with Crippen LogP contribution in [-0.4, -0.2) is 23.8 Å². The van der Waals surface area contributed by atoms with Gasteiger partial charge in [-0.15, -0.1) is 0 Å². The molecule has 0 heterocycles. The lowest BCUT2D eigenvalue weighted by Crippen LogP contribution is -2.32. The fraction of sp³-hybridized carbons (Fsp3) is 1.00. The molecule has 4 atom stereocenters. The Kier molecular flexibility index (Phi) is 5.30. The molecule has 2 N–H and O–H groups in total. The van der Waals surface area contributed by atoms with Gasteiger partial charge in [0.15, 0.2) is 0 Å².